The average molecular weight is 379 g/mol. The van der Waals surface area contributed by atoms with Gasteiger partial charge in [-0.1, -0.05) is 60.7 Å². The highest BCUT2D eigenvalue weighted by Gasteiger charge is 2.21. The first-order valence-electron chi connectivity index (χ1n) is 10.0. The average Bonchev–Trinajstić information content (AvgIpc) is 2.75. The van der Waals surface area contributed by atoms with Gasteiger partial charge in [-0.15, -0.1) is 0 Å². The second-order valence-corrected chi connectivity index (χ2v) is 7.28. The summed E-state index contributed by atoms with van der Waals surface area (Å²) in [6.45, 7) is 2.74. The van der Waals surface area contributed by atoms with E-state index in [0.29, 0.717) is 12.5 Å². The molecule has 1 saturated heterocycles. The summed E-state index contributed by atoms with van der Waals surface area (Å²) in [5.41, 5.74) is 2.51. The van der Waals surface area contributed by atoms with E-state index in [4.69, 9.17) is 0 Å². The lowest BCUT2D eigenvalue weighted by molar-refractivity contribution is -0.120. The van der Waals surface area contributed by atoms with Crippen LogP contribution >= 0.6 is 0 Å². The summed E-state index contributed by atoms with van der Waals surface area (Å²) < 4.78 is 0. The minimum atomic E-state index is -0.0241. The zero-order chi connectivity index (χ0) is 19.6. The first-order valence-corrected chi connectivity index (χ1v) is 10.0. The molecule has 28 heavy (non-hydrogen) atoms. The van der Waals surface area contributed by atoms with E-state index in [1.165, 1.54) is 5.56 Å². The number of benzene rings is 2. The fourth-order valence-corrected chi connectivity index (χ4v) is 3.65. The van der Waals surface area contributed by atoms with E-state index in [-0.39, 0.29) is 12.5 Å². The van der Waals surface area contributed by atoms with Crippen LogP contribution in [0.2, 0.25) is 0 Å². The van der Waals surface area contributed by atoms with Crippen LogP contribution in [0.15, 0.2) is 65.7 Å². The second-order valence-electron chi connectivity index (χ2n) is 7.28. The molecule has 2 N–H and O–H groups in total. The maximum absolute atomic E-state index is 12.1. The summed E-state index contributed by atoms with van der Waals surface area (Å²) in [7, 11) is 1.78. The van der Waals surface area contributed by atoms with Gasteiger partial charge in [0.15, 0.2) is 5.96 Å². The number of hydrogen-bond donors (Lipinski definition) is 2. The zero-order valence-corrected chi connectivity index (χ0v) is 16.6. The van der Waals surface area contributed by atoms with Crippen LogP contribution in [-0.4, -0.2) is 43.4 Å². The summed E-state index contributed by atoms with van der Waals surface area (Å²) in [5, 5.41) is 6.14. The van der Waals surface area contributed by atoms with Crippen molar-refractivity contribution in [3.63, 3.8) is 0 Å². The van der Waals surface area contributed by atoms with Gasteiger partial charge in [0.25, 0.3) is 0 Å². The van der Waals surface area contributed by atoms with Gasteiger partial charge in [0.1, 0.15) is 0 Å². The van der Waals surface area contributed by atoms with Crippen LogP contribution < -0.4 is 10.6 Å². The first-order chi connectivity index (χ1) is 13.7. The molecule has 2 aromatic rings. The smallest absolute Gasteiger partial charge is 0.239 e. The topological polar surface area (TPSA) is 56.7 Å². The Kier molecular flexibility index (Phi) is 7.47. The van der Waals surface area contributed by atoms with Gasteiger partial charge in [0.2, 0.25) is 5.91 Å². The Hall–Kier alpha value is -2.82. The molecule has 0 radical (unpaired) electrons. The van der Waals surface area contributed by atoms with Crippen molar-refractivity contribution in [3.8, 4) is 0 Å². The molecule has 1 heterocycles. The van der Waals surface area contributed by atoms with E-state index >= 15 is 0 Å². The molecule has 1 aliphatic rings. The monoisotopic (exact) mass is 378 g/mol. The standard InChI is InChI=1S/C23H30N4O/c1-24-23(26-18-22(28)25-17-21-10-6-3-7-11-21)27-14-12-20(13-15-27)16-19-8-4-2-5-9-19/h2-11,20H,12-18H2,1H3,(H,24,26)(H,25,28). The molecule has 148 valence electrons. The molecular weight excluding hydrogens is 348 g/mol. The van der Waals surface area contributed by atoms with Crippen LogP contribution in [0.25, 0.3) is 0 Å². The number of carbonyl (C=O) groups excluding carboxylic acids is 1. The molecule has 0 unspecified atom stereocenters. The fraction of sp³-hybridized carbons (Fsp3) is 0.391. The Morgan fingerprint density at radius 2 is 1.57 bits per heavy atom. The van der Waals surface area contributed by atoms with E-state index in [2.05, 4.69) is 50.9 Å². The Labute approximate surface area is 167 Å². The number of piperidine rings is 1. The van der Waals surface area contributed by atoms with Crippen molar-refractivity contribution >= 4 is 11.9 Å². The normalized spacial score (nSPS) is 15.3. The Morgan fingerprint density at radius 1 is 0.964 bits per heavy atom. The predicted octanol–water partition coefficient (Wildman–Crippen LogP) is 2.83. The van der Waals surface area contributed by atoms with Gasteiger partial charge in [0, 0.05) is 26.7 Å². The molecule has 1 amide bonds. The number of guanidine groups is 1. The lowest BCUT2D eigenvalue weighted by Crippen LogP contribution is -2.48. The SMILES string of the molecule is CN=C(NCC(=O)NCc1ccccc1)N1CCC(Cc2ccccc2)CC1. The molecule has 3 rings (SSSR count). The molecule has 0 atom stereocenters. The molecule has 0 spiro atoms. The molecule has 0 bridgehead atoms. The summed E-state index contributed by atoms with van der Waals surface area (Å²) in [6.07, 6.45) is 3.44. The van der Waals surface area contributed by atoms with Crippen molar-refractivity contribution < 1.29 is 4.79 Å². The Morgan fingerprint density at radius 3 is 2.18 bits per heavy atom. The van der Waals surface area contributed by atoms with Crippen molar-refractivity contribution in [3.05, 3.63) is 71.8 Å². The molecule has 0 aromatic heterocycles. The van der Waals surface area contributed by atoms with Crippen molar-refractivity contribution in [1.82, 2.24) is 15.5 Å². The summed E-state index contributed by atoms with van der Waals surface area (Å²) >= 11 is 0. The Bertz CT molecular complexity index is 753. The second kappa shape index (κ2) is 10.5. The number of aliphatic imine (C=N–C) groups is 1. The number of nitrogens with zero attached hydrogens (tertiary/aromatic N) is 2. The van der Waals surface area contributed by atoms with E-state index < -0.39 is 0 Å². The van der Waals surface area contributed by atoms with Gasteiger partial charge in [-0.3, -0.25) is 9.79 Å². The van der Waals surface area contributed by atoms with Gasteiger partial charge < -0.3 is 15.5 Å². The maximum Gasteiger partial charge on any atom is 0.239 e. The largest absolute Gasteiger partial charge is 0.350 e. The van der Waals surface area contributed by atoms with Crippen LogP contribution in [0, 0.1) is 5.92 Å². The lowest BCUT2D eigenvalue weighted by Gasteiger charge is -2.34. The van der Waals surface area contributed by atoms with Gasteiger partial charge in [-0.2, -0.15) is 0 Å². The number of hydrogen-bond acceptors (Lipinski definition) is 2. The third kappa shape index (κ3) is 6.12. The molecule has 0 saturated carbocycles. The summed E-state index contributed by atoms with van der Waals surface area (Å²) in [4.78, 5) is 18.7. The molecule has 0 aliphatic carbocycles. The highest BCUT2D eigenvalue weighted by atomic mass is 16.1. The summed E-state index contributed by atoms with van der Waals surface area (Å²) in [5.74, 6) is 1.50. The van der Waals surface area contributed by atoms with Crippen LogP contribution in [0.5, 0.6) is 0 Å². The quantitative estimate of drug-likeness (QED) is 0.600. The maximum atomic E-state index is 12.1. The molecule has 2 aromatic carbocycles. The number of carbonyl (C=O) groups is 1. The molecule has 1 fully saturated rings. The molecule has 1 aliphatic heterocycles. The minimum absolute atomic E-state index is 0.0241. The molecular formula is C23H30N4O. The third-order valence-corrected chi connectivity index (χ3v) is 5.23. The molecule has 5 heteroatoms. The fourth-order valence-electron chi connectivity index (χ4n) is 3.65. The van der Waals surface area contributed by atoms with Crippen molar-refractivity contribution in [2.75, 3.05) is 26.7 Å². The van der Waals surface area contributed by atoms with E-state index in [9.17, 15) is 4.79 Å². The van der Waals surface area contributed by atoms with Gasteiger partial charge in [0.05, 0.1) is 6.54 Å². The van der Waals surface area contributed by atoms with Gasteiger partial charge >= 0.3 is 0 Å². The minimum Gasteiger partial charge on any atom is -0.350 e. The van der Waals surface area contributed by atoms with E-state index in [1.54, 1.807) is 7.05 Å². The van der Waals surface area contributed by atoms with E-state index in [1.807, 2.05) is 30.3 Å². The van der Waals surface area contributed by atoms with E-state index in [0.717, 1.165) is 43.9 Å². The van der Waals surface area contributed by atoms with Gasteiger partial charge in [-0.25, -0.2) is 0 Å². The van der Waals surface area contributed by atoms with Crippen LogP contribution in [0.3, 0.4) is 0 Å². The van der Waals surface area contributed by atoms with Crippen molar-refractivity contribution in [2.24, 2.45) is 10.9 Å². The van der Waals surface area contributed by atoms with Crippen LogP contribution in [-0.2, 0) is 17.8 Å². The number of likely N-dealkylation sites (tertiary alicyclic amines) is 1. The third-order valence-electron chi connectivity index (χ3n) is 5.23. The van der Waals surface area contributed by atoms with Gasteiger partial charge in [-0.05, 0) is 36.3 Å². The zero-order valence-electron chi connectivity index (χ0n) is 16.6. The van der Waals surface area contributed by atoms with Crippen LogP contribution in [0.4, 0.5) is 0 Å². The highest BCUT2D eigenvalue weighted by molar-refractivity contribution is 5.86. The van der Waals surface area contributed by atoms with Crippen molar-refractivity contribution in [1.29, 1.82) is 0 Å². The predicted molar refractivity (Wildman–Crippen MR) is 114 cm³/mol. The summed E-state index contributed by atoms with van der Waals surface area (Å²) in [6, 6.07) is 20.6. The number of rotatable bonds is 6. The highest BCUT2D eigenvalue weighted by Crippen LogP contribution is 2.21. The lowest BCUT2D eigenvalue weighted by atomic mass is 9.90. The van der Waals surface area contributed by atoms with Crippen LogP contribution in [0.1, 0.15) is 24.0 Å². The first kappa shape index (κ1) is 19.9. The Balaban J connectivity index is 1.39. The van der Waals surface area contributed by atoms with Crippen molar-refractivity contribution in [2.45, 2.75) is 25.8 Å². The molecule has 5 nitrogen and oxygen atoms in total. The number of amides is 1. The number of nitrogens with one attached hydrogen (secondary N) is 2.